The maximum atomic E-state index is 12.7. The summed E-state index contributed by atoms with van der Waals surface area (Å²) in [5, 5.41) is 10.6. The summed E-state index contributed by atoms with van der Waals surface area (Å²) in [7, 11) is 5.17. The van der Waals surface area contributed by atoms with E-state index in [1.807, 2.05) is 37.6 Å². The van der Waals surface area contributed by atoms with E-state index in [1.165, 1.54) is 0 Å². The van der Waals surface area contributed by atoms with E-state index in [4.69, 9.17) is 9.47 Å². The minimum absolute atomic E-state index is 0.0747. The van der Waals surface area contributed by atoms with Crippen LogP contribution in [0.3, 0.4) is 0 Å². The predicted molar refractivity (Wildman–Crippen MR) is 98.6 cm³/mol. The van der Waals surface area contributed by atoms with Gasteiger partial charge in [-0.2, -0.15) is 5.10 Å². The Morgan fingerprint density at radius 3 is 2.88 bits per heavy atom. The first-order chi connectivity index (χ1) is 12.6. The van der Waals surface area contributed by atoms with Gasteiger partial charge in [-0.15, -0.1) is 0 Å². The topological polar surface area (TPSA) is 77.4 Å². The summed E-state index contributed by atoms with van der Waals surface area (Å²) in [6.07, 6.45) is 4.52. The standard InChI is InChI=1S/C19H26N4O3/c1-23-12-14(9-22-23)16-10-20-11-17(16)19(24)21-7-6-13-8-15(25-2)4-5-18(13)26-3/h4-5,8-9,12,16-17,20H,6-7,10-11H2,1-3H3,(H,21,24)/t16-,17+/m1/s1. The van der Waals surface area contributed by atoms with Crippen molar-refractivity contribution >= 4 is 5.91 Å². The Balaban J connectivity index is 1.59. The van der Waals surface area contributed by atoms with E-state index in [0.29, 0.717) is 19.5 Å². The van der Waals surface area contributed by atoms with Crippen molar-refractivity contribution in [1.29, 1.82) is 0 Å². The van der Waals surface area contributed by atoms with Gasteiger partial charge < -0.3 is 20.1 Å². The summed E-state index contributed by atoms with van der Waals surface area (Å²) >= 11 is 0. The third-order valence-electron chi connectivity index (χ3n) is 4.89. The van der Waals surface area contributed by atoms with Crippen LogP contribution < -0.4 is 20.1 Å². The van der Waals surface area contributed by atoms with Gasteiger partial charge in [0.15, 0.2) is 0 Å². The van der Waals surface area contributed by atoms with E-state index in [1.54, 1.807) is 18.9 Å². The van der Waals surface area contributed by atoms with Gasteiger partial charge in [-0.05, 0) is 35.7 Å². The largest absolute Gasteiger partial charge is 0.497 e. The molecule has 0 radical (unpaired) electrons. The maximum absolute atomic E-state index is 12.7. The second kappa shape index (κ2) is 8.23. The Morgan fingerprint density at radius 2 is 2.19 bits per heavy atom. The van der Waals surface area contributed by atoms with Crippen LogP contribution in [0.1, 0.15) is 17.0 Å². The maximum Gasteiger partial charge on any atom is 0.225 e. The number of methoxy groups -OCH3 is 2. The number of aromatic nitrogens is 2. The lowest BCUT2D eigenvalue weighted by molar-refractivity contribution is -0.124. The molecule has 0 unspecified atom stereocenters. The molecule has 1 aromatic carbocycles. The number of nitrogens with zero attached hydrogens (tertiary/aromatic N) is 2. The van der Waals surface area contributed by atoms with E-state index in [2.05, 4.69) is 15.7 Å². The zero-order chi connectivity index (χ0) is 18.5. The Hall–Kier alpha value is -2.54. The average Bonchev–Trinajstić information content (AvgIpc) is 3.30. The third kappa shape index (κ3) is 3.99. The lowest BCUT2D eigenvalue weighted by atomic mass is 9.90. The lowest BCUT2D eigenvalue weighted by Crippen LogP contribution is -2.35. The van der Waals surface area contributed by atoms with Gasteiger partial charge in [0.05, 0.1) is 26.3 Å². The zero-order valence-corrected chi connectivity index (χ0v) is 15.5. The van der Waals surface area contributed by atoms with E-state index >= 15 is 0 Å². The molecule has 0 bridgehead atoms. The van der Waals surface area contributed by atoms with Crippen molar-refractivity contribution in [1.82, 2.24) is 20.4 Å². The molecule has 1 saturated heterocycles. The second-order valence-electron chi connectivity index (χ2n) is 6.54. The number of hydrogen-bond acceptors (Lipinski definition) is 5. The molecule has 1 fully saturated rings. The lowest BCUT2D eigenvalue weighted by Gasteiger charge is -2.17. The fourth-order valence-corrected chi connectivity index (χ4v) is 3.46. The summed E-state index contributed by atoms with van der Waals surface area (Å²) < 4.78 is 12.4. The third-order valence-corrected chi connectivity index (χ3v) is 4.89. The van der Waals surface area contributed by atoms with E-state index in [0.717, 1.165) is 29.2 Å². The molecule has 0 aliphatic carbocycles. The van der Waals surface area contributed by atoms with Crippen LogP contribution in [0.5, 0.6) is 11.5 Å². The number of hydrogen-bond donors (Lipinski definition) is 2. The molecule has 1 amide bonds. The molecule has 2 atom stereocenters. The fraction of sp³-hybridized carbons (Fsp3) is 0.474. The number of amides is 1. The molecule has 1 aliphatic rings. The van der Waals surface area contributed by atoms with Crippen LogP contribution in [-0.4, -0.2) is 49.5 Å². The Labute approximate surface area is 153 Å². The van der Waals surface area contributed by atoms with Gasteiger partial charge in [-0.1, -0.05) is 0 Å². The van der Waals surface area contributed by atoms with Gasteiger partial charge in [-0.3, -0.25) is 9.48 Å². The highest BCUT2D eigenvalue weighted by Crippen LogP contribution is 2.28. The minimum Gasteiger partial charge on any atom is -0.497 e. The molecule has 140 valence electrons. The smallest absolute Gasteiger partial charge is 0.225 e. The summed E-state index contributed by atoms with van der Waals surface area (Å²) in [5.41, 5.74) is 2.12. The Kier molecular flexibility index (Phi) is 5.78. The average molecular weight is 358 g/mol. The number of nitrogens with one attached hydrogen (secondary N) is 2. The molecule has 2 N–H and O–H groups in total. The van der Waals surface area contributed by atoms with Gasteiger partial charge >= 0.3 is 0 Å². The van der Waals surface area contributed by atoms with Crippen molar-refractivity contribution in [3.63, 3.8) is 0 Å². The van der Waals surface area contributed by atoms with E-state index in [9.17, 15) is 4.79 Å². The molecule has 7 nitrogen and oxygen atoms in total. The molecule has 2 aromatic rings. The predicted octanol–water partition coefficient (Wildman–Crippen LogP) is 1.10. The van der Waals surface area contributed by atoms with Gasteiger partial charge in [0.25, 0.3) is 0 Å². The molecule has 2 heterocycles. The first-order valence-electron chi connectivity index (χ1n) is 8.80. The number of aryl methyl sites for hydroxylation is 1. The number of rotatable bonds is 7. The van der Waals surface area contributed by atoms with Crippen LogP contribution in [0.25, 0.3) is 0 Å². The second-order valence-corrected chi connectivity index (χ2v) is 6.54. The Bertz CT molecular complexity index is 759. The summed E-state index contributed by atoms with van der Waals surface area (Å²) in [6.45, 7) is 2.04. The van der Waals surface area contributed by atoms with Crippen molar-refractivity contribution in [2.24, 2.45) is 13.0 Å². The molecule has 26 heavy (non-hydrogen) atoms. The van der Waals surface area contributed by atoms with Crippen molar-refractivity contribution < 1.29 is 14.3 Å². The van der Waals surface area contributed by atoms with Crippen molar-refractivity contribution in [3.8, 4) is 11.5 Å². The van der Waals surface area contributed by atoms with Crippen LogP contribution >= 0.6 is 0 Å². The molecule has 1 aliphatic heterocycles. The molecular formula is C19H26N4O3. The molecule has 1 aromatic heterocycles. The number of carbonyl (C=O) groups is 1. The van der Waals surface area contributed by atoms with Crippen molar-refractivity contribution in [2.75, 3.05) is 33.9 Å². The van der Waals surface area contributed by atoms with E-state index < -0.39 is 0 Å². The van der Waals surface area contributed by atoms with Crippen LogP contribution in [0.2, 0.25) is 0 Å². The van der Waals surface area contributed by atoms with Crippen LogP contribution in [0.4, 0.5) is 0 Å². The SMILES string of the molecule is COc1ccc(OC)c(CCNC(=O)[C@H]2CNC[C@@H]2c2cnn(C)c2)c1. The summed E-state index contributed by atoms with van der Waals surface area (Å²) in [6, 6.07) is 5.69. The number of carbonyl (C=O) groups excluding carboxylic acids is 1. The highest BCUT2D eigenvalue weighted by Gasteiger charge is 2.34. The van der Waals surface area contributed by atoms with Crippen molar-refractivity contribution in [2.45, 2.75) is 12.3 Å². The Morgan fingerprint density at radius 1 is 1.35 bits per heavy atom. The summed E-state index contributed by atoms with van der Waals surface area (Å²) in [5.74, 6) is 1.74. The fourth-order valence-electron chi connectivity index (χ4n) is 3.46. The first kappa shape index (κ1) is 18.3. The zero-order valence-electron chi connectivity index (χ0n) is 15.5. The van der Waals surface area contributed by atoms with Gasteiger partial charge in [0.2, 0.25) is 5.91 Å². The molecule has 0 spiro atoms. The highest BCUT2D eigenvalue weighted by molar-refractivity contribution is 5.80. The van der Waals surface area contributed by atoms with E-state index in [-0.39, 0.29) is 17.7 Å². The van der Waals surface area contributed by atoms with Gasteiger partial charge in [0, 0.05) is 38.8 Å². The molecular weight excluding hydrogens is 332 g/mol. The quantitative estimate of drug-likeness (QED) is 0.775. The minimum atomic E-state index is -0.0774. The van der Waals surface area contributed by atoms with Gasteiger partial charge in [0.1, 0.15) is 11.5 Å². The number of ether oxygens (including phenoxy) is 2. The van der Waals surface area contributed by atoms with Crippen LogP contribution in [-0.2, 0) is 18.3 Å². The molecule has 7 heteroatoms. The van der Waals surface area contributed by atoms with Crippen molar-refractivity contribution in [3.05, 3.63) is 41.7 Å². The monoisotopic (exact) mass is 358 g/mol. The summed E-state index contributed by atoms with van der Waals surface area (Å²) in [4.78, 5) is 12.7. The molecule has 3 rings (SSSR count). The first-order valence-corrected chi connectivity index (χ1v) is 8.80. The molecule has 0 saturated carbocycles. The number of benzene rings is 1. The van der Waals surface area contributed by atoms with Crippen LogP contribution in [0, 0.1) is 5.92 Å². The normalized spacial score (nSPS) is 19.3. The highest BCUT2D eigenvalue weighted by atomic mass is 16.5. The van der Waals surface area contributed by atoms with Crippen LogP contribution in [0.15, 0.2) is 30.6 Å². The van der Waals surface area contributed by atoms with Gasteiger partial charge in [-0.25, -0.2) is 0 Å².